The zero-order valence-electron chi connectivity index (χ0n) is 17.1. The lowest BCUT2D eigenvalue weighted by Crippen LogP contribution is -1.99. The number of rotatable bonds is 15. The van der Waals surface area contributed by atoms with Gasteiger partial charge in [0.2, 0.25) is 0 Å². The number of nitrogens with two attached hydrogens (primary N) is 2. The molecule has 0 saturated heterocycles. The molecule has 0 unspecified atom stereocenters. The highest BCUT2D eigenvalue weighted by atomic mass is 16.5. The van der Waals surface area contributed by atoms with E-state index in [1.807, 2.05) is 48.5 Å². The van der Waals surface area contributed by atoms with Gasteiger partial charge in [-0.05, 0) is 48.2 Å². The minimum absolute atomic E-state index is 0.580. The summed E-state index contributed by atoms with van der Waals surface area (Å²) in [4.78, 5) is 0. The Kier molecular flexibility index (Phi) is 11.1. The quantitative estimate of drug-likeness (QED) is 0.415. The topological polar surface area (TPSA) is 70.5 Å². The van der Waals surface area contributed by atoms with Crippen LogP contribution in [-0.2, 0) is 13.1 Å². The van der Waals surface area contributed by atoms with Crippen LogP contribution >= 0.6 is 0 Å². The van der Waals surface area contributed by atoms with Crippen molar-refractivity contribution in [3.63, 3.8) is 0 Å². The van der Waals surface area contributed by atoms with Gasteiger partial charge in [-0.2, -0.15) is 0 Å². The molecule has 0 heterocycles. The largest absolute Gasteiger partial charge is 0.494 e. The lowest BCUT2D eigenvalue weighted by Gasteiger charge is -2.07. The van der Waals surface area contributed by atoms with Crippen LogP contribution in [0.3, 0.4) is 0 Å². The number of ether oxygens (including phenoxy) is 2. The molecule has 0 bridgehead atoms. The fourth-order valence-electron chi connectivity index (χ4n) is 3.09. The second kappa shape index (κ2) is 14.0. The van der Waals surface area contributed by atoms with Crippen LogP contribution in [0, 0.1) is 0 Å². The molecular formula is C24H36N2O2. The molecule has 154 valence electrons. The van der Waals surface area contributed by atoms with E-state index >= 15 is 0 Å². The summed E-state index contributed by atoms with van der Waals surface area (Å²) < 4.78 is 11.5. The van der Waals surface area contributed by atoms with E-state index in [9.17, 15) is 0 Å². The molecule has 0 fully saturated rings. The highest BCUT2D eigenvalue weighted by molar-refractivity contribution is 5.27. The van der Waals surface area contributed by atoms with Gasteiger partial charge in [0.05, 0.1) is 13.2 Å². The van der Waals surface area contributed by atoms with Crippen molar-refractivity contribution in [1.29, 1.82) is 0 Å². The van der Waals surface area contributed by atoms with Crippen LogP contribution in [-0.4, -0.2) is 13.2 Å². The highest BCUT2D eigenvalue weighted by Crippen LogP contribution is 2.15. The van der Waals surface area contributed by atoms with Crippen molar-refractivity contribution in [2.75, 3.05) is 13.2 Å². The standard InChI is InChI=1S/C24H36N2O2/c25-19-21-9-13-23(14-10-21)27-17-7-5-3-1-2-4-6-8-18-28-24-15-11-22(20-26)12-16-24/h9-16H,1-8,17-20,25-26H2. The van der Waals surface area contributed by atoms with E-state index in [4.69, 9.17) is 20.9 Å². The van der Waals surface area contributed by atoms with E-state index in [1.165, 1.54) is 38.5 Å². The Morgan fingerprint density at radius 2 is 0.786 bits per heavy atom. The van der Waals surface area contributed by atoms with Crippen molar-refractivity contribution in [3.05, 3.63) is 59.7 Å². The Bertz CT molecular complexity index is 569. The van der Waals surface area contributed by atoms with Gasteiger partial charge in [0.15, 0.2) is 0 Å². The van der Waals surface area contributed by atoms with Gasteiger partial charge in [-0.1, -0.05) is 62.8 Å². The maximum Gasteiger partial charge on any atom is 0.119 e. The van der Waals surface area contributed by atoms with E-state index in [1.54, 1.807) is 0 Å². The van der Waals surface area contributed by atoms with Crippen LogP contribution in [0.4, 0.5) is 0 Å². The third-order valence-corrected chi connectivity index (χ3v) is 4.89. The SMILES string of the molecule is NCc1ccc(OCCCCCCCCCCOc2ccc(CN)cc2)cc1. The average Bonchev–Trinajstić information content (AvgIpc) is 2.75. The van der Waals surface area contributed by atoms with Crippen LogP contribution in [0.2, 0.25) is 0 Å². The monoisotopic (exact) mass is 384 g/mol. The van der Waals surface area contributed by atoms with E-state index in [0.717, 1.165) is 48.7 Å². The molecule has 4 heteroatoms. The van der Waals surface area contributed by atoms with Gasteiger partial charge < -0.3 is 20.9 Å². The van der Waals surface area contributed by atoms with E-state index in [0.29, 0.717) is 13.1 Å². The third kappa shape index (κ3) is 9.25. The molecule has 0 radical (unpaired) electrons. The highest BCUT2D eigenvalue weighted by Gasteiger charge is 1.97. The molecule has 0 aliphatic rings. The second-order valence-corrected chi connectivity index (χ2v) is 7.22. The Morgan fingerprint density at radius 1 is 0.464 bits per heavy atom. The molecule has 2 aromatic carbocycles. The van der Waals surface area contributed by atoms with Crippen molar-refractivity contribution in [3.8, 4) is 11.5 Å². The first-order chi connectivity index (χ1) is 13.8. The predicted molar refractivity (Wildman–Crippen MR) is 117 cm³/mol. The van der Waals surface area contributed by atoms with Crippen molar-refractivity contribution < 1.29 is 9.47 Å². The van der Waals surface area contributed by atoms with Gasteiger partial charge in [-0.25, -0.2) is 0 Å². The number of benzene rings is 2. The second-order valence-electron chi connectivity index (χ2n) is 7.22. The van der Waals surface area contributed by atoms with E-state index in [-0.39, 0.29) is 0 Å². The third-order valence-electron chi connectivity index (χ3n) is 4.89. The Labute approximate surface area is 170 Å². The van der Waals surface area contributed by atoms with Gasteiger partial charge in [0, 0.05) is 13.1 Å². The van der Waals surface area contributed by atoms with Crippen molar-refractivity contribution in [1.82, 2.24) is 0 Å². The van der Waals surface area contributed by atoms with Gasteiger partial charge in [-0.15, -0.1) is 0 Å². The minimum atomic E-state index is 0.580. The van der Waals surface area contributed by atoms with Crippen LogP contribution in [0.25, 0.3) is 0 Å². The van der Waals surface area contributed by atoms with Crippen molar-refractivity contribution in [2.24, 2.45) is 11.5 Å². The van der Waals surface area contributed by atoms with Gasteiger partial charge in [0.25, 0.3) is 0 Å². The van der Waals surface area contributed by atoms with Gasteiger partial charge in [-0.3, -0.25) is 0 Å². The normalized spacial score (nSPS) is 10.8. The summed E-state index contributed by atoms with van der Waals surface area (Å²) in [7, 11) is 0. The smallest absolute Gasteiger partial charge is 0.119 e. The molecule has 2 aromatic rings. The van der Waals surface area contributed by atoms with Gasteiger partial charge in [0.1, 0.15) is 11.5 Å². The Hall–Kier alpha value is -2.04. The summed E-state index contributed by atoms with van der Waals surface area (Å²) in [6.07, 6.45) is 9.93. The summed E-state index contributed by atoms with van der Waals surface area (Å²) in [5, 5.41) is 0. The van der Waals surface area contributed by atoms with Crippen molar-refractivity contribution in [2.45, 2.75) is 64.5 Å². The lowest BCUT2D eigenvalue weighted by atomic mass is 10.1. The first-order valence-electron chi connectivity index (χ1n) is 10.7. The predicted octanol–water partition coefficient (Wildman–Crippen LogP) is 5.18. The molecule has 4 N–H and O–H groups in total. The summed E-state index contributed by atoms with van der Waals surface area (Å²) in [5.41, 5.74) is 13.5. The summed E-state index contributed by atoms with van der Waals surface area (Å²) in [5.74, 6) is 1.88. The maximum absolute atomic E-state index is 5.77. The number of hydrogen-bond acceptors (Lipinski definition) is 4. The lowest BCUT2D eigenvalue weighted by molar-refractivity contribution is 0.301. The van der Waals surface area contributed by atoms with Crippen LogP contribution in [0.5, 0.6) is 11.5 Å². The first-order valence-corrected chi connectivity index (χ1v) is 10.7. The first kappa shape index (κ1) is 22.3. The molecule has 4 nitrogen and oxygen atoms in total. The number of hydrogen-bond donors (Lipinski definition) is 2. The Balaban J connectivity index is 1.36. The molecule has 0 aromatic heterocycles. The van der Waals surface area contributed by atoms with Gasteiger partial charge >= 0.3 is 0 Å². The average molecular weight is 385 g/mol. The molecule has 0 spiro atoms. The van der Waals surface area contributed by atoms with Crippen LogP contribution < -0.4 is 20.9 Å². The molecule has 0 aliphatic carbocycles. The molecular weight excluding hydrogens is 348 g/mol. The molecule has 0 amide bonds. The molecule has 2 rings (SSSR count). The minimum Gasteiger partial charge on any atom is -0.494 e. The zero-order chi connectivity index (χ0) is 19.9. The summed E-state index contributed by atoms with van der Waals surface area (Å²) >= 11 is 0. The zero-order valence-corrected chi connectivity index (χ0v) is 17.1. The molecule has 0 saturated carbocycles. The molecule has 28 heavy (non-hydrogen) atoms. The van der Waals surface area contributed by atoms with E-state index < -0.39 is 0 Å². The van der Waals surface area contributed by atoms with Crippen LogP contribution in [0.1, 0.15) is 62.5 Å². The van der Waals surface area contributed by atoms with E-state index in [2.05, 4.69) is 0 Å². The fraction of sp³-hybridized carbons (Fsp3) is 0.500. The molecule has 0 aliphatic heterocycles. The summed E-state index contributed by atoms with van der Waals surface area (Å²) in [6, 6.07) is 16.1. The Morgan fingerprint density at radius 3 is 1.11 bits per heavy atom. The molecule has 0 atom stereocenters. The van der Waals surface area contributed by atoms with Crippen molar-refractivity contribution >= 4 is 0 Å². The number of unbranched alkanes of at least 4 members (excludes halogenated alkanes) is 7. The summed E-state index contributed by atoms with van der Waals surface area (Å²) in [6.45, 7) is 2.75. The fourth-order valence-corrected chi connectivity index (χ4v) is 3.09. The van der Waals surface area contributed by atoms with Crippen LogP contribution in [0.15, 0.2) is 48.5 Å². The maximum atomic E-state index is 5.77.